The van der Waals surface area contributed by atoms with Crippen LogP contribution in [-0.2, 0) is 19.6 Å². The van der Waals surface area contributed by atoms with E-state index < -0.39 is 10.0 Å². The Kier molecular flexibility index (Phi) is 3.54. The van der Waals surface area contributed by atoms with Gasteiger partial charge in [0.2, 0.25) is 15.9 Å². The molecule has 0 aromatic heterocycles. The summed E-state index contributed by atoms with van der Waals surface area (Å²) in [6, 6.07) is -0.0544. The van der Waals surface area contributed by atoms with Crippen LogP contribution >= 0.6 is 0 Å². The van der Waals surface area contributed by atoms with Crippen molar-refractivity contribution in [3.05, 3.63) is 0 Å². The van der Waals surface area contributed by atoms with Gasteiger partial charge in [0.05, 0.1) is 10.9 Å². The molecular formula is C13H22N2O4S. The van der Waals surface area contributed by atoms with Crippen LogP contribution in [0.1, 0.15) is 39.0 Å². The van der Waals surface area contributed by atoms with E-state index in [1.54, 1.807) is 11.8 Å². The summed E-state index contributed by atoms with van der Waals surface area (Å²) in [5.74, 6) is 0.0613. The number of rotatable bonds is 3. The summed E-state index contributed by atoms with van der Waals surface area (Å²) in [7, 11) is -3.15. The van der Waals surface area contributed by atoms with Crippen LogP contribution in [0.5, 0.6) is 0 Å². The molecule has 2 saturated heterocycles. The topological polar surface area (TPSA) is 75.7 Å². The SMILES string of the molecule is CC(=O)N1CC[C@@]2(C[C@H](NS(=O)(=O)C3CC3)CCO2)C1. The van der Waals surface area contributed by atoms with E-state index in [1.807, 2.05) is 0 Å². The zero-order chi connectivity index (χ0) is 14.4. The average molecular weight is 302 g/mol. The lowest BCUT2D eigenvalue weighted by atomic mass is 9.90. The van der Waals surface area contributed by atoms with E-state index in [0.717, 1.165) is 19.3 Å². The van der Waals surface area contributed by atoms with Gasteiger partial charge < -0.3 is 9.64 Å². The first-order chi connectivity index (χ1) is 9.40. The first kappa shape index (κ1) is 14.3. The van der Waals surface area contributed by atoms with Gasteiger partial charge in [-0.1, -0.05) is 0 Å². The summed E-state index contributed by atoms with van der Waals surface area (Å²) >= 11 is 0. The Labute approximate surface area is 119 Å². The van der Waals surface area contributed by atoms with E-state index in [9.17, 15) is 13.2 Å². The zero-order valence-electron chi connectivity index (χ0n) is 11.8. The molecule has 0 radical (unpaired) electrons. The van der Waals surface area contributed by atoms with E-state index in [-0.39, 0.29) is 22.8 Å². The Morgan fingerprint density at radius 2 is 2.10 bits per heavy atom. The summed E-state index contributed by atoms with van der Waals surface area (Å²) in [6.07, 6.45) is 3.74. The molecule has 1 spiro atoms. The normalized spacial score (nSPS) is 34.6. The fourth-order valence-electron chi connectivity index (χ4n) is 3.23. The van der Waals surface area contributed by atoms with Crippen LogP contribution in [0.15, 0.2) is 0 Å². The van der Waals surface area contributed by atoms with Crippen molar-refractivity contribution in [2.24, 2.45) is 0 Å². The molecule has 0 aromatic carbocycles. The summed E-state index contributed by atoms with van der Waals surface area (Å²) in [5, 5.41) is -0.182. The molecule has 1 amide bonds. The molecule has 1 aliphatic carbocycles. The molecule has 7 heteroatoms. The molecule has 2 heterocycles. The molecule has 1 saturated carbocycles. The third kappa shape index (κ3) is 2.84. The van der Waals surface area contributed by atoms with Gasteiger partial charge in [-0.15, -0.1) is 0 Å². The van der Waals surface area contributed by atoms with Gasteiger partial charge in [0.25, 0.3) is 0 Å². The van der Waals surface area contributed by atoms with Crippen molar-refractivity contribution in [1.29, 1.82) is 0 Å². The van der Waals surface area contributed by atoms with Crippen molar-refractivity contribution in [2.75, 3.05) is 19.7 Å². The Hall–Kier alpha value is -0.660. The highest BCUT2D eigenvalue weighted by Crippen LogP contribution is 2.35. The quantitative estimate of drug-likeness (QED) is 0.810. The van der Waals surface area contributed by atoms with Gasteiger partial charge in [-0.2, -0.15) is 0 Å². The van der Waals surface area contributed by atoms with Gasteiger partial charge in [0.1, 0.15) is 0 Å². The van der Waals surface area contributed by atoms with Crippen LogP contribution in [0.4, 0.5) is 0 Å². The molecule has 0 aromatic rings. The van der Waals surface area contributed by atoms with E-state index in [0.29, 0.717) is 32.5 Å². The van der Waals surface area contributed by atoms with Crippen LogP contribution in [-0.4, -0.2) is 55.8 Å². The number of nitrogens with one attached hydrogen (secondary N) is 1. The molecule has 0 unspecified atom stereocenters. The predicted molar refractivity (Wildman–Crippen MR) is 73.7 cm³/mol. The molecule has 3 aliphatic rings. The minimum atomic E-state index is -3.15. The van der Waals surface area contributed by atoms with E-state index in [2.05, 4.69) is 4.72 Å². The van der Waals surface area contributed by atoms with Crippen molar-refractivity contribution < 1.29 is 17.9 Å². The van der Waals surface area contributed by atoms with Gasteiger partial charge in [0.15, 0.2) is 0 Å². The second-order valence-corrected chi connectivity index (χ2v) is 8.27. The maximum Gasteiger partial charge on any atom is 0.219 e. The molecule has 114 valence electrons. The third-order valence-electron chi connectivity index (χ3n) is 4.55. The van der Waals surface area contributed by atoms with Gasteiger partial charge in [-0.05, 0) is 32.1 Å². The average Bonchev–Trinajstić information content (AvgIpc) is 3.14. The molecule has 1 N–H and O–H groups in total. The predicted octanol–water partition coefficient (Wildman–Crippen LogP) is 0.238. The molecular weight excluding hydrogens is 280 g/mol. The minimum Gasteiger partial charge on any atom is -0.373 e. The third-order valence-corrected chi connectivity index (χ3v) is 6.56. The van der Waals surface area contributed by atoms with Crippen LogP contribution in [0.3, 0.4) is 0 Å². The first-order valence-corrected chi connectivity index (χ1v) is 8.85. The number of ether oxygens (including phenoxy) is 1. The molecule has 0 bridgehead atoms. The summed E-state index contributed by atoms with van der Waals surface area (Å²) in [4.78, 5) is 13.2. The van der Waals surface area contributed by atoms with Crippen molar-refractivity contribution in [3.8, 4) is 0 Å². The highest BCUT2D eigenvalue weighted by molar-refractivity contribution is 7.90. The highest BCUT2D eigenvalue weighted by atomic mass is 32.2. The standard InChI is InChI=1S/C13H22N2O4S/c1-10(16)15-6-5-13(9-15)8-11(4-7-19-13)14-20(17,18)12-2-3-12/h11-12,14H,2-9H2,1H3/t11-,13-/m1/s1. The highest BCUT2D eigenvalue weighted by Gasteiger charge is 2.46. The van der Waals surface area contributed by atoms with E-state index in [4.69, 9.17) is 4.74 Å². The number of amides is 1. The van der Waals surface area contributed by atoms with Crippen LogP contribution < -0.4 is 4.72 Å². The lowest BCUT2D eigenvalue weighted by molar-refractivity contribution is -0.130. The zero-order valence-corrected chi connectivity index (χ0v) is 12.6. The maximum absolute atomic E-state index is 12.0. The Morgan fingerprint density at radius 1 is 1.35 bits per heavy atom. The van der Waals surface area contributed by atoms with Gasteiger partial charge in [-0.3, -0.25) is 4.79 Å². The van der Waals surface area contributed by atoms with Crippen molar-refractivity contribution >= 4 is 15.9 Å². The second-order valence-electron chi connectivity index (χ2n) is 6.27. The van der Waals surface area contributed by atoms with Crippen LogP contribution in [0, 0.1) is 0 Å². The van der Waals surface area contributed by atoms with E-state index >= 15 is 0 Å². The Bertz CT molecular complexity index is 503. The number of nitrogens with zero attached hydrogens (tertiary/aromatic N) is 1. The van der Waals surface area contributed by atoms with Crippen molar-refractivity contribution in [1.82, 2.24) is 9.62 Å². The maximum atomic E-state index is 12.0. The largest absolute Gasteiger partial charge is 0.373 e. The Balaban J connectivity index is 1.63. The number of likely N-dealkylation sites (tertiary alicyclic amines) is 1. The van der Waals surface area contributed by atoms with E-state index in [1.165, 1.54) is 0 Å². The van der Waals surface area contributed by atoms with Gasteiger partial charge >= 0.3 is 0 Å². The fourth-order valence-corrected chi connectivity index (χ4v) is 4.85. The summed E-state index contributed by atoms with van der Waals surface area (Å²) in [5.41, 5.74) is -0.347. The molecule has 3 rings (SSSR count). The van der Waals surface area contributed by atoms with Crippen LogP contribution in [0.25, 0.3) is 0 Å². The number of hydrogen-bond donors (Lipinski definition) is 1. The molecule has 2 atom stereocenters. The number of sulfonamides is 1. The van der Waals surface area contributed by atoms with Gasteiger partial charge in [-0.25, -0.2) is 13.1 Å². The number of carbonyl (C=O) groups excluding carboxylic acids is 1. The molecule has 3 fully saturated rings. The fraction of sp³-hybridized carbons (Fsp3) is 0.923. The minimum absolute atomic E-state index is 0.0544. The molecule has 2 aliphatic heterocycles. The lowest BCUT2D eigenvalue weighted by Crippen LogP contribution is -2.50. The smallest absolute Gasteiger partial charge is 0.219 e. The molecule has 6 nitrogen and oxygen atoms in total. The van der Waals surface area contributed by atoms with Gasteiger partial charge in [0, 0.05) is 32.7 Å². The van der Waals surface area contributed by atoms with Crippen LogP contribution in [0.2, 0.25) is 0 Å². The number of carbonyl (C=O) groups is 1. The monoisotopic (exact) mass is 302 g/mol. The second kappa shape index (κ2) is 4.96. The van der Waals surface area contributed by atoms with Crippen molar-refractivity contribution in [2.45, 2.75) is 55.9 Å². The summed E-state index contributed by atoms with van der Waals surface area (Å²) in [6.45, 7) is 3.42. The lowest BCUT2D eigenvalue weighted by Gasteiger charge is -2.38. The molecule has 20 heavy (non-hydrogen) atoms. The summed E-state index contributed by atoms with van der Waals surface area (Å²) < 4.78 is 32.8. The first-order valence-electron chi connectivity index (χ1n) is 7.31. The number of hydrogen-bond acceptors (Lipinski definition) is 4. The Morgan fingerprint density at radius 3 is 2.70 bits per heavy atom. The van der Waals surface area contributed by atoms with Crippen molar-refractivity contribution in [3.63, 3.8) is 0 Å².